The molecule has 120 valence electrons. The van der Waals surface area contributed by atoms with E-state index in [2.05, 4.69) is 21.9 Å². The lowest BCUT2D eigenvalue weighted by Gasteiger charge is -2.32. The number of rotatable bonds is 3. The lowest BCUT2D eigenvalue weighted by molar-refractivity contribution is 0.00578. The quantitative estimate of drug-likeness (QED) is 0.772. The first-order valence-electron chi connectivity index (χ1n) is 7.80. The van der Waals surface area contributed by atoms with Gasteiger partial charge in [-0.3, -0.25) is 4.98 Å². The van der Waals surface area contributed by atoms with E-state index in [0.29, 0.717) is 11.5 Å². The van der Waals surface area contributed by atoms with E-state index in [1.165, 1.54) is 0 Å². The minimum atomic E-state index is -0.507. The van der Waals surface area contributed by atoms with E-state index < -0.39 is 7.12 Å². The number of likely N-dealkylation sites (N-methyl/N-ethyl adjacent to an activating group) is 1. The van der Waals surface area contributed by atoms with Crippen molar-refractivity contribution in [1.29, 1.82) is 0 Å². The third kappa shape index (κ3) is 2.98. The molecular formula is C15H24BN3O3. The summed E-state index contributed by atoms with van der Waals surface area (Å²) in [6.07, 6.45) is 4.51. The van der Waals surface area contributed by atoms with Gasteiger partial charge in [-0.05, 0) is 41.2 Å². The summed E-state index contributed by atoms with van der Waals surface area (Å²) in [6, 6.07) is 0. The van der Waals surface area contributed by atoms with Gasteiger partial charge in [-0.2, -0.15) is 0 Å². The third-order valence-electron chi connectivity index (χ3n) is 4.76. The molecule has 0 amide bonds. The van der Waals surface area contributed by atoms with Crippen LogP contribution in [-0.2, 0) is 9.31 Å². The highest BCUT2D eigenvalue weighted by Gasteiger charge is 2.52. The van der Waals surface area contributed by atoms with Crippen molar-refractivity contribution in [2.75, 3.05) is 20.1 Å². The topological polar surface area (TPSA) is 56.7 Å². The fraction of sp³-hybridized carbons (Fsp3) is 0.733. The summed E-state index contributed by atoms with van der Waals surface area (Å²) in [4.78, 5) is 11.0. The molecule has 0 bridgehead atoms. The van der Waals surface area contributed by atoms with E-state index >= 15 is 0 Å². The lowest BCUT2D eigenvalue weighted by atomic mass is 9.85. The normalized spacial score (nSPS) is 27.3. The second kappa shape index (κ2) is 5.47. The Hall–Kier alpha value is -1.18. The molecule has 3 rings (SSSR count). The van der Waals surface area contributed by atoms with E-state index in [1.807, 2.05) is 27.7 Å². The molecule has 2 fully saturated rings. The molecule has 6 nitrogen and oxygen atoms in total. The molecule has 7 heteroatoms. The van der Waals surface area contributed by atoms with Gasteiger partial charge in [0, 0.05) is 19.3 Å². The van der Waals surface area contributed by atoms with Crippen LogP contribution in [0.3, 0.4) is 0 Å². The smallest absolute Gasteiger partial charge is 0.472 e. The summed E-state index contributed by atoms with van der Waals surface area (Å²) in [5.74, 6) is 0.535. The molecule has 1 aromatic rings. The Balaban J connectivity index is 1.72. The Labute approximate surface area is 132 Å². The summed E-state index contributed by atoms with van der Waals surface area (Å²) in [5.41, 5.74) is -0.114. The Morgan fingerprint density at radius 2 is 1.91 bits per heavy atom. The molecule has 2 aliphatic heterocycles. The molecule has 0 aromatic carbocycles. The van der Waals surface area contributed by atoms with E-state index in [0.717, 1.165) is 19.5 Å². The van der Waals surface area contributed by atoms with Gasteiger partial charge >= 0.3 is 7.12 Å². The van der Waals surface area contributed by atoms with Gasteiger partial charge in [0.15, 0.2) is 0 Å². The molecule has 2 aliphatic rings. The van der Waals surface area contributed by atoms with Gasteiger partial charge in [0.1, 0.15) is 6.10 Å². The Bertz CT molecular complexity index is 537. The molecule has 1 atom stereocenters. The fourth-order valence-electron chi connectivity index (χ4n) is 2.66. The highest BCUT2D eigenvalue weighted by molar-refractivity contribution is 6.61. The van der Waals surface area contributed by atoms with Crippen LogP contribution in [0.4, 0.5) is 0 Å². The molecule has 0 aliphatic carbocycles. The molecule has 1 aromatic heterocycles. The van der Waals surface area contributed by atoms with Crippen molar-refractivity contribution in [3.63, 3.8) is 0 Å². The lowest BCUT2D eigenvalue weighted by Crippen LogP contribution is -2.41. The minimum absolute atomic E-state index is 0.174. The van der Waals surface area contributed by atoms with Crippen LogP contribution in [0.1, 0.15) is 34.1 Å². The first-order valence-corrected chi connectivity index (χ1v) is 7.80. The predicted octanol–water partition coefficient (Wildman–Crippen LogP) is 0.859. The van der Waals surface area contributed by atoms with Crippen LogP contribution in [0.5, 0.6) is 5.88 Å². The molecule has 22 heavy (non-hydrogen) atoms. The molecule has 0 unspecified atom stereocenters. The van der Waals surface area contributed by atoms with Crippen molar-refractivity contribution in [3.8, 4) is 5.88 Å². The van der Waals surface area contributed by atoms with Crippen LogP contribution in [0.2, 0.25) is 0 Å². The zero-order chi connectivity index (χ0) is 16.0. The van der Waals surface area contributed by atoms with Crippen LogP contribution in [0.25, 0.3) is 0 Å². The van der Waals surface area contributed by atoms with Crippen LogP contribution in [0, 0.1) is 0 Å². The van der Waals surface area contributed by atoms with Crippen LogP contribution in [0.15, 0.2) is 12.4 Å². The van der Waals surface area contributed by atoms with Gasteiger partial charge in [-0.1, -0.05) is 0 Å². The highest BCUT2D eigenvalue weighted by atomic mass is 16.7. The highest BCUT2D eigenvalue weighted by Crippen LogP contribution is 2.36. The van der Waals surface area contributed by atoms with Crippen molar-refractivity contribution < 1.29 is 14.0 Å². The van der Waals surface area contributed by atoms with Crippen LogP contribution < -0.4 is 10.3 Å². The fourth-order valence-corrected chi connectivity index (χ4v) is 2.66. The van der Waals surface area contributed by atoms with Gasteiger partial charge in [-0.15, -0.1) is 0 Å². The maximum absolute atomic E-state index is 6.00. The number of hydrogen-bond acceptors (Lipinski definition) is 6. The van der Waals surface area contributed by atoms with Crippen LogP contribution in [-0.4, -0.2) is 59.4 Å². The maximum Gasteiger partial charge on any atom is 0.516 e. The summed E-state index contributed by atoms with van der Waals surface area (Å²) in [7, 11) is 1.59. The number of nitrogens with zero attached hydrogens (tertiary/aromatic N) is 3. The van der Waals surface area contributed by atoms with E-state index in [-0.39, 0.29) is 17.3 Å². The summed E-state index contributed by atoms with van der Waals surface area (Å²) >= 11 is 0. The van der Waals surface area contributed by atoms with E-state index in [4.69, 9.17) is 14.0 Å². The van der Waals surface area contributed by atoms with Crippen molar-refractivity contribution in [2.45, 2.75) is 51.4 Å². The number of likely N-dealkylation sites (tertiary alicyclic amines) is 1. The second-order valence-electron chi connectivity index (χ2n) is 7.16. The monoisotopic (exact) mass is 305 g/mol. The Morgan fingerprint density at radius 1 is 1.23 bits per heavy atom. The van der Waals surface area contributed by atoms with E-state index in [1.54, 1.807) is 12.4 Å². The molecule has 0 radical (unpaired) electrons. The average molecular weight is 305 g/mol. The number of hydrogen-bond donors (Lipinski definition) is 0. The van der Waals surface area contributed by atoms with Gasteiger partial charge < -0.3 is 18.9 Å². The first kappa shape index (κ1) is 15.7. The van der Waals surface area contributed by atoms with Crippen LogP contribution >= 0.6 is 0 Å². The maximum atomic E-state index is 6.00. The minimum Gasteiger partial charge on any atom is -0.472 e. The largest absolute Gasteiger partial charge is 0.516 e. The van der Waals surface area contributed by atoms with Crippen molar-refractivity contribution >= 4 is 12.7 Å². The summed E-state index contributed by atoms with van der Waals surface area (Å²) in [6.45, 7) is 10.1. The Kier molecular flexibility index (Phi) is 3.91. The standard InChI is InChI=1S/C15H24BN3O3/c1-14(2)15(3,4)22-16(21-14)12-8-17-9-13(18-12)20-11-6-7-19(5)10-11/h8-9,11H,6-7,10H2,1-5H3/t11-/m0/s1. The first-order chi connectivity index (χ1) is 10.3. The molecular weight excluding hydrogens is 281 g/mol. The van der Waals surface area contributed by atoms with E-state index in [9.17, 15) is 0 Å². The van der Waals surface area contributed by atoms with Crippen molar-refractivity contribution in [1.82, 2.24) is 14.9 Å². The summed E-state index contributed by atoms with van der Waals surface area (Å²) < 4.78 is 17.9. The zero-order valence-corrected chi connectivity index (χ0v) is 14.0. The summed E-state index contributed by atoms with van der Waals surface area (Å²) in [5, 5.41) is 0. The molecule has 0 saturated carbocycles. The third-order valence-corrected chi connectivity index (χ3v) is 4.76. The van der Waals surface area contributed by atoms with Crippen molar-refractivity contribution in [3.05, 3.63) is 12.4 Å². The molecule has 0 spiro atoms. The molecule has 3 heterocycles. The average Bonchev–Trinajstić information content (AvgIpc) is 2.91. The molecule has 2 saturated heterocycles. The predicted molar refractivity (Wildman–Crippen MR) is 84.3 cm³/mol. The van der Waals surface area contributed by atoms with Gasteiger partial charge in [0.05, 0.1) is 23.0 Å². The molecule has 0 N–H and O–H groups in total. The second-order valence-corrected chi connectivity index (χ2v) is 7.16. The number of aromatic nitrogens is 2. The van der Waals surface area contributed by atoms with Gasteiger partial charge in [0.25, 0.3) is 0 Å². The van der Waals surface area contributed by atoms with Gasteiger partial charge in [0.2, 0.25) is 5.88 Å². The van der Waals surface area contributed by atoms with Gasteiger partial charge in [-0.25, -0.2) is 4.98 Å². The zero-order valence-electron chi connectivity index (χ0n) is 14.0. The number of ether oxygens (including phenoxy) is 1. The Morgan fingerprint density at radius 3 is 2.50 bits per heavy atom. The SMILES string of the molecule is CN1CC[C@H](Oc2cncc(B3OC(C)(C)C(C)(C)O3)n2)C1. The van der Waals surface area contributed by atoms with Crippen molar-refractivity contribution in [2.24, 2.45) is 0 Å².